The smallest absolute Gasteiger partial charge is 0.272 e. The summed E-state index contributed by atoms with van der Waals surface area (Å²) in [6.07, 6.45) is 1.55. The van der Waals surface area contributed by atoms with Gasteiger partial charge in [-0.3, -0.25) is 9.59 Å². The average Bonchev–Trinajstić information content (AvgIpc) is 2.76. The van der Waals surface area contributed by atoms with Gasteiger partial charge in [0.25, 0.3) is 11.8 Å². The maximum atomic E-state index is 13.1. The predicted octanol–water partition coefficient (Wildman–Crippen LogP) is 4.24. The minimum atomic E-state index is -0.531. The Kier molecular flexibility index (Phi) is 6.37. The zero-order chi connectivity index (χ0) is 20.6. The van der Waals surface area contributed by atoms with Gasteiger partial charge in [0.2, 0.25) is 0 Å². The van der Waals surface area contributed by atoms with Crippen LogP contribution in [-0.2, 0) is 4.79 Å². The second kappa shape index (κ2) is 9.32. The second-order valence-electron chi connectivity index (χ2n) is 6.11. The van der Waals surface area contributed by atoms with Gasteiger partial charge in [0.15, 0.2) is 0 Å². The van der Waals surface area contributed by atoms with Crippen molar-refractivity contribution < 1.29 is 18.7 Å². The number of amides is 2. The first-order chi connectivity index (χ1) is 14.0. The first-order valence-corrected chi connectivity index (χ1v) is 8.84. The number of anilines is 1. The summed E-state index contributed by atoms with van der Waals surface area (Å²) in [6.45, 7) is 0. The van der Waals surface area contributed by atoms with E-state index in [9.17, 15) is 14.0 Å². The fourth-order valence-electron chi connectivity index (χ4n) is 2.54. The van der Waals surface area contributed by atoms with Crippen LogP contribution in [0.25, 0.3) is 6.08 Å². The van der Waals surface area contributed by atoms with Gasteiger partial charge in [-0.2, -0.15) is 0 Å². The van der Waals surface area contributed by atoms with Crippen LogP contribution in [0.2, 0.25) is 0 Å². The standard InChI is InChI=1S/C23H19FN2O3/c1-29-20-13-7-16(8-14-20)15-21(26-22(27)17-5-3-2-4-6-17)23(28)25-19-11-9-18(24)10-12-19/h2-15H,1H3,(H,25,28)(H,26,27)/b21-15+. The fourth-order valence-corrected chi connectivity index (χ4v) is 2.54. The summed E-state index contributed by atoms with van der Waals surface area (Å²) >= 11 is 0. The second-order valence-corrected chi connectivity index (χ2v) is 6.11. The molecule has 0 atom stereocenters. The van der Waals surface area contributed by atoms with Gasteiger partial charge in [0.1, 0.15) is 17.3 Å². The van der Waals surface area contributed by atoms with Crippen molar-refractivity contribution in [3.05, 3.63) is 102 Å². The van der Waals surface area contributed by atoms with Gasteiger partial charge >= 0.3 is 0 Å². The summed E-state index contributed by atoms with van der Waals surface area (Å²) in [4.78, 5) is 25.3. The highest BCUT2D eigenvalue weighted by Gasteiger charge is 2.15. The van der Waals surface area contributed by atoms with Crippen LogP contribution >= 0.6 is 0 Å². The van der Waals surface area contributed by atoms with Gasteiger partial charge in [0.05, 0.1) is 7.11 Å². The van der Waals surface area contributed by atoms with E-state index in [0.717, 1.165) is 0 Å². The number of ether oxygens (including phenoxy) is 1. The molecule has 0 aliphatic heterocycles. The third kappa shape index (κ3) is 5.52. The maximum Gasteiger partial charge on any atom is 0.272 e. The molecule has 29 heavy (non-hydrogen) atoms. The zero-order valence-electron chi connectivity index (χ0n) is 15.7. The fraction of sp³-hybridized carbons (Fsp3) is 0.0435. The van der Waals surface area contributed by atoms with Crippen LogP contribution in [0, 0.1) is 5.82 Å². The third-order valence-electron chi connectivity index (χ3n) is 4.06. The molecule has 5 nitrogen and oxygen atoms in total. The molecule has 0 saturated heterocycles. The van der Waals surface area contributed by atoms with Crippen LogP contribution < -0.4 is 15.4 Å². The highest BCUT2D eigenvalue weighted by molar-refractivity contribution is 6.10. The lowest BCUT2D eigenvalue weighted by Gasteiger charge is -2.11. The lowest BCUT2D eigenvalue weighted by molar-refractivity contribution is -0.113. The van der Waals surface area contributed by atoms with Crippen LogP contribution in [0.5, 0.6) is 5.75 Å². The summed E-state index contributed by atoms with van der Waals surface area (Å²) in [5.41, 5.74) is 1.57. The van der Waals surface area contributed by atoms with E-state index in [2.05, 4.69) is 10.6 Å². The molecule has 0 unspecified atom stereocenters. The molecule has 0 aromatic heterocycles. The molecule has 6 heteroatoms. The van der Waals surface area contributed by atoms with E-state index < -0.39 is 17.6 Å². The van der Waals surface area contributed by atoms with Crippen molar-refractivity contribution in [3.8, 4) is 5.75 Å². The maximum absolute atomic E-state index is 13.1. The van der Waals surface area contributed by atoms with Crippen LogP contribution in [0.4, 0.5) is 10.1 Å². The monoisotopic (exact) mass is 390 g/mol. The first kappa shape index (κ1) is 19.8. The number of methoxy groups -OCH3 is 1. The van der Waals surface area contributed by atoms with Gasteiger partial charge in [0, 0.05) is 11.3 Å². The van der Waals surface area contributed by atoms with E-state index >= 15 is 0 Å². The molecular formula is C23H19FN2O3. The Morgan fingerprint density at radius 3 is 2.17 bits per heavy atom. The SMILES string of the molecule is COc1ccc(/C=C(/NC(=O)c2ccccc2)C(=O)Nc2ccc(F)cc2)cc1. The lowest BCUT2D eigenvalue weighted by atomic mass is 10.1. The number of nitrogens with one attached hydrogen (secondary N) is 2. The van der Waals surface area contributed by atoms with E-state index in [0.29, 0.717) is 22.6 Å². The summed E-state index contributed by atoms with van der Waals surface area (Å²) in [5.74, 6) is -0.682. The Balaban J connectivity index is 1.86. The van der Waals surface area contributed by atoms with E-state index in [-0.39, 0.29) is 5.70 Å². The molecule has 146 valence electrons. The molecule has 0 heterocycles. The number of carbonyl (C=O) groups excluding carboxylic acids is 2. The van der Waals surface area contributed by atoms with Crippen molar-refractivity contribution >= 4 is 23.6 Å². The van der Waals surface area contributed by atoms with Crippen molar-refractivity contribution in [2.75, 3.05) is 12.4 Å². The summed E-state index contributed by atoms with van der Waals surface area (Å²) in [6, 6.07) is 21.0. The minimum Gasteiger partial charge on any atom is -0.497 e. The number of carbonyl (C=O) groups is 2. The summed E-state index contributed by atoms with van der Waals surface area (Å²) in [7, 11) is 1.56. The van der Waals surface area contributed by atoms with E-state index in [1.807, 2.05) is 0 Å². The molecule has 3 aromatic rings. The molecule has 0 bridgehead atoms. The third-order valence-corrected chi connectivity index (χ3v) is 4.06. The highest BCUT2D eigenvalue weighted by Crippen LogP contribution is 2.15. The van der Waals surface area contributed by atoms with Gasteiger partial charge in [-0.05, 0) is 60.2 Å². The zero-order valence-corrected chi connectivity index (χ0v) is 15.7. The molecule has 0 fully saturated rings. The minimum absolute atomic E-state index is 0.0494. The molecule has 3 aromatic carbocycles. The average molecular weight is 390 g/mol. The number of benzene rings is 3. The van der Waals surface area contributed by atoms with Gasteiger partial charge in [-0.1, -0.05) is 30.3 Å². The molecule has 2 amide bonds. The molecule has 0 radical (unpaired) electrons. The highest BCUT2D eigenvalue weighted by atomic mass is 19.1. The Morgan fingerprint density at radius 1 is 0.897 bits per heavy atom. The van der Waals surface area contributed by atoms with Gasteiger partial charge < -0.3 is 15.4 Å². The molecular weight excluding hydrogens is 371 g/mol. The Bertz CT molecular complexity index is 1010. The largest absolute Gasteiger partial charge is 0.497 e. The van der Waals surface area contributed by atoms with Gasteiger partial charge in [-0.25, -0.2) is 4.39 Å². The topological polar surface area (TPSA) is 67.4 Å². The Labute approximate surface area is 167 Å². The van der Waals surface area contributed by atoms with Crippen LogP contribution in [0.1, 0.15) is 15.9 Å². The Hall–Kier alpha value is -3.93. The van der Waals surface area contributed by atoms with Crippen LogP contribution in [0.3, 0.4) is 0 Å². The molecule has 0 saturated carbocycles. The van der Waals surface area contributed by atoms with E-state index in [1.54, 1.807) is 67.8 Å². The van der Waals surface area contributed by atoms with E-state index in [4.69, 9.17) is 4.74 Å². The number of halogens is 1. The quantitative estimate of drug-likeness (QED) is 0.619. The first-order valence-electron chi connectivity index (χ1n) is 8.84. The predicted molar refractivity (Wildman–Crippen MR) is 110 cm³/mol. The van der Waals surface area contributed by atoms with Gasteiger partial charge in [-0.15, -0.1) is 0 Å². The normalized spacial score (nSPS) is 10.9. The van der Waals surface area contributed by atoms with Crippen LogP contribution in [0.15, 0.2) is 84.6 Å². The van der Waals surface area contributed by atoms with Crippen molar-refractivity contribution in [1.29, 1.82) is 0 Å². The van der Waals surface area contributed by atoms with Crippen molar-refractivity contribution in [2.45, 2.75) is 0 Å². The lowest BCUT2D eigenvalue weighted by Crippen LogP contribution is -2.30. The summed E-state index contributed by atoms with van der Waals surface area (Å²) < 4.78 is 18.2. The number of hydrogen-bond acceptors (Lipinski definition) is 3. The molecule has 0 aliphatic carbocycles. The number of hydrogen-bond donors (Lipinski definition) is 2. The molecule has 3 rings (SSSR count). The van der Waals surface area contributed by atoms with Crippen molar-refractivity contribution in [2.24, 2.45) is 0 Å². The van der Waals surface area contributed by atoms with Crippen molar-refractivity contribution in [1.82, 2.24) is 5.32 Å². The molecule has 0 aliphatic rings. The summed E-state index contributed by atoms with van der Waals surface area (Å²) in [5, 5.41) is 5.30. The van der Waals surface area contributed by atoms with E-state index in [1.165, 1.54) is 24.3 Å². The molecule has 2 N–H and O–H groups in total. The van der Waals surface area contributed by atoms with Crippen molar-refractivity contribution in [3.63, 3.8) is 0 Å². The van der Waals surface area contributed by atoms with Crippen LogP contribution in [-0.4, -0.2) is 18.9 Å². The number of rotatable bonds is 6. The molecule has 0 spiro atoms. The Morgan fingerprint density at radius 2 is 1.55 bits per heavy atom.